The number of carbonyl (C=O) groups is 6. The van der Waals surface area contributed by atoms with E-state index in [1.807, 2.05) is 60.8 Å². The minimum absolute atomic E-state index is 0.171. The van der Waals surface area contributed by atoms with Gasteiger partial charge in [-0.15, -0.1) is 0 Å². The lowest BCUT2D eigenvalue weighted by atomic mass is 9.83. The molecular formula is C53H67N11O9. The first-order valence-corrected chi connectivity index (χ1v) is 25.0. The molecule has 6 atom stereocenters. The number of pyridine rings is 1. The molecule has 4 aromatic rings. The van der Waals surface area contributed by atoms with Crippen molar-refractivity contribution in [3.8, 4) is 11.1 Å². The summed E-state index contributed by atoms with van der Waals surface area (Å²) >= 11 is 0. The first kappa shape index (κ1) is 51.7. The van der Waals surface area contributed by atoms with Gasteiger partial charge in [0.15, 0.2) is 0 Å². The highest BCUT2D eigenvalue weighted by molar-refractivity contribution is 5.97. The molecule has 12 N–H and O–H groups in total. The molecule has 8 rings (SSSR count). The van der Waals surface area contributed by atoms with Gasteiger partial charge in [-0.2, -0.15) is 0 Å². The van der Waals surface area contributed by atoms with Crippen molar-refractivity contribution in [3.05, 3.63) is 101 Å². The van der Waals surface area contributed by atoms with Crippen LogP contribution in [0.25, 0.3) is 11.1 Å². The number of rotatable bonds is 15. The monoisotopic (exact) mass is 1000 g/mol. The lowest BCUT2D eigenvalue weighted by Crippen LogP contribution is -2.59. The van der Waals surface area contributed by atoms with Crippen molar-refractivity contribution in [2.75, 3.05) is 60.7 Å². The number of ether oxygens (including phenoxy) is 1. The summed E-state index contributed by atoms with van der Waals surface area (Å²) in [5.74, 6) is -2.67. The number of nitrogens with two attached hydrogens (primary N) is 4. The Labute approximate surface area is 424 Å². The molecule has 3 aromatic carbocycles. The normalized spacial score (nSPS) is 22.9. The Morgan fingerprint density at radius 1 is 0.658 bits per heavy atom. The van der Waals surface area contributed by atoms with E-state index in [0.717, 1.165) is 46.8 Å². The molecule has 73 heavy (non-hydrogen) atoms. The maximum absolute atomic E-state index is 14.2. The second-order valence-electron chi connectivity index (χ2n) is 20.2. The molecule has 0 bridgehead atoms. The van der Waals surface area contributed by atoms with Crippen LogP contribution in [-0.4, -0.2) is 112 Å². The summed E-state index contributed by atoms with van der Waals surface area (Å²) in [5.41, 5.74) is 28.7. The van der Waals surface area contributed by atoms with E-state index in [9.17, 15) is 39.0 Å². The van der Waals surface area contributed by atoms with Crippen LogP contribution in [0.15, 0.2) is 79.0 Å². The second-order valence-corrected chi connectivity index (χ2v) is 20.2. The van der Waals surface area contributed by atoms with Gasteiger partial charge in [0.25, 0.3) is 0 Å². The Balaban J connectivity index is 1.19. The number of carbonyl (C=O) groups excluding carboxylic acids is 4. The lowest BCUT2D eigenvalue weighted by molar-refractivity contribution is -0.146. The summed E-state index contributed by atoms with van der Waals surface area (Å²) in [6.07, 6.45) is 1.66. The molecule has 4 fully saturated rings. The van der Waals surface area contributed by atoms with Gasteiger partial charge in [-0.05, 0) is 103 Å². The van der Waals surface area contributed by atoms with Gasteiger partial charge in [-0.3, -0.25) is 19.2 Å². The Morgan fingerprint density at radius 2 is 1.15 bits per heavy atom. The number of hydrogen-bond acceptors (Lipinski definition) is 12. The third-order valence-corrected chi connectivity index (χ3v) is 15.3. The number of likely N-dealkylation sites (tertiary alicyclic amines) is 2. The average molecular weight is 1000 g/mol. The van der Waals surface area contributed by atoms with Crippen molar-refractivity contribution in [1.29, 1.82) is 0 Å². The van der Waals surface area contributed by atoms with E-state index < -0.39 is 70.8 Å². The van der Waals surface area contributed by atoms with Gasteiger partial charge in [0.1, 0.15) is 29.0 Å². The van der Waals surface area contributed by atoms with Gasteiger partial charge in [-0.25, -0.2) is 14.6 Å². The lowest BCUT2D eigenvalue weighted by Gasteiger charge is -2.40. The van der Waals surface area contributed by atoms with Gasteiger partial charge in [-0.1, -0.05) is 64.1 Å². The molecule has 0 saturated carbocycles. The number of nitrogen functional groups attached to an aromatic ring is 2. The molecule has 20 nitrogen and oxygen atoms in total. The topological polar surface area (TPSA) is 306 Å². The van der Waals surface area contributed by atoms with Crippen LogP contribution in [0, 0.1) is 11.8 Å². The largest absolute Gasteiger partial charge is 0.465 e. The van der Waals surface area contributed by atoms with E-state index in [0.29, 0.717) is 50.0 Å². The maximum atomic E-state index is 14.2. The van der Waals surface area contributed by atoms with Crippen molar-refractivity contribution in [2.24, 2.45) is 23.3 Å². The summed E-state index contributed by atoms with van der Waals surface area (Å²) in [6.45, 7) is 10.00. The Morgan fingerprint density at radius 3 is 1.56 bits per heavy atom. The molecule has 1 aromatic heterocycles. The fraction of sp³-hybridized carbons (Fsp3) is 0.453. The summed E-state index contributed by atoms with van der Waals surface area (Å²) in [4.78, 5) is 91.3. The molecule has 5 heterocycles. The van der Waals surface area contributed by atoms with E-state index >= 15 is 0 Å². The second kappa shape index (κ2) is 20.9. The maximum Gasteiger partial charge on any atom is 0.405 e. The number of nitrogens with one attached hydrogen (secondary N) is 2. The highest BCUT2D eigenvalue weighted by Crippen LogP contribution is 2.51. The van der Waals surface area contributed by atoms with Crippen LogP contribution in [-0.2, 0) is 35.0 Å². The molecular weight excluding hydrogens is 935 g/mol. The average Bonchev–Trinajstić information content (AvgIpc) is 4.14. The SMILES string of the molecule is CC(C)[C@H](NC(=O)O)C(=O)N1CCC[C@@]1(C(N)=O)c1ccc([C@H]2CC[C@H](c3ccc([C@]4(C(N)=O)CCCN4C(=O)[C@@H](NC(=O)O)C(C)C)c(N)c3)N2c2cccc(-c3ccc(N4CCOCC4)nc3)c2)cc1N. The van der Waals surface area contributed by atoms with Crippen LogP contribution in [0.2, 0.25) is 0 Å². The molecule has 0 spiro atoms. The molecule has 6 amide bonds. The third kappa shape index (κ3) is 9.62. The zero-order chi connectivity index (χ0) is 52.5. The number of hydrogen-bond donors (Lipinski definition) is 8. The van der Waals surface area contributed by atoms with Gasteiger partial charge >= 0.3 is 12.2 Å². The van der Waals surface area contributed by atoms with E-state index in [1.165, 1.54) is 9.80 Å². The number of carboxylic acid groups (broad SMARTS) is 2. The molecule has 0 radical (unpaired) electrons. The highest BCUT2D eigenvalue weighted by Gasteiger charge is 2.54. The first-order chi connectivity index (χ1) is 34.8. The molecule has 4 aliphatic heterocycles. The number of morpholine rings is 1. The molecule has 388 valence electrons. The van der Waals surface area contributed by atoms with Crippen molar-refractivity contribution < 1.29 is 43.7 Å². The zero-order valence-electron chi connectivity index (χ0n) is 41.8. The number of nitrogens with zero attached hydrogens (tertiary/aromatic N) is 5. The van der Waals surface area contributed by atoms with Crippen LogP contribution < -0.4 is 43.4 Å². The third-order valence-electron chi connectivity index (χ3n) is 15.3. The standard InChI is InChI=1S/C53H67N11O9/c1-30(2)44(59-50(69)70)46(65)62-20-6-18-52(62,48(56)67)37-13-10-33(27-39(37)54)41-15-16-42(64(41)36-9-5-8-32(26-36)35-12-17-43(58-29-35)61-22-24-73-25-23-61)34-11-14-38(40(55)28-34)53(49(57)68)19-7-21-63(53)47(66)45(31(3)4)60-51(71)72/h5,8-14,17,26-31,41-42,44-45,59-60H,6-7,15-16,18-25,54-55H2,1-4H3,(H2,56,67)(H2,57,68)(H,69,70)(H,71,72)/t41-,42-,44+,45+,52+,53+/m1/s1. The van der Waals surface area contributed by atoms with Crippen LogP contribution in [0.4, 0.5) is 32.5 Å². The molecule has 4 aliphatic rings. The number of amides is 6. The van der Waals surface area contributed by atoms with Gasteiger partial charge < -0.3 is 68.1 Å². The smallest absolute Gasteiger partial charge is 0.405 e. The van der Waals surface area contributed by atoms with Gasteiger partial charge in [0.2, 0.25) is 23.6 Å². The van der Waals surface area contributed by atoms with Crippen LogP contribution >= 0.6 is 0 Å². The van der Waals surface area contributed by atoms with Gasteiger partial charge in [0, 0.05) is 66.1 Å². The van der Waals surface area contributed by atoms with Crippen molar-refractivity contribution in [2.45, 2.75) is 101 Å². The van der Waals surface area contributed by atoms with E-state index in [1.54, 1.807) is 39.8 Å². The molecule has 0 unspecified atom stereocenters. The number of aromatic nitrogens is 1. The number of anilines is 4. The first-order valence-electron chi connectivity index (χ1n) is 25.0. The predicted molar refractivity (Wildman–Crippen MR) is 275 cm³/mol. The van der Waals surface area contributed by atoms with E-state index in [4.69, 9.17) is 32.7 Å². The van der Waals surface area contributed by atoms with E-state index in [-0.39, 0.29) is 49.4 Å². The minimum Gasteiger partial charge on any atom is -0.465 e. The summed E-state index contributed by atoms with van der Waals surface area (Å²) in [6, 6.07) is 20.3. The summed E-state index contributed by atoms with van der Waals surface area (Å²) in [7, 11) is 0. The Bertz CT molecular complexity index is 2630. The Hall–Kier alpha value is -7.61. The predicted octanol–water partition coefficient (Wildman–Crippen LogP) is 5.02. The minimum atomic E-state index is -1.63. The highest BCUT2D eigenvalue weighted by atomic mass is 16.5. The zero-order valence-corrected chi connectivity index (χ0v) is 41.8. The van der Waals surface area contributed by atoms with Crippen molar-refractivity contribution >= 4 is 58.7 Å². The number of benzene rings is 3. The Kier molecular flexibility index (Phi) is 14.8. The fourth-order valence-electron chi connectivity index (χ4n) is 11.7. The van der Waals surface area contributed by atoms with Crippen molar-refractivity contribution in [1.82, 2.24) is 25.4 Å². The molecule has 4 saturated heterocycles. The van der Waals surface area contributed by atoms with Crippen molar-refractivity contribution in [3.63, 3.8) is 0 Å². The molecule has 20 heteroatoms. The van der Waals surface area contributed by atoms with Gasteiger partial charge in [0.05, 0.1) is 25.3 Å². The fourth-order valence-corrected chi connectivity index (χ4v) is 11.7. The quantitative estimate of drug-likeness (QED) is 0.0726. The van der Waals surface area contributed by atoms with Crippen LogP contribution in [0.3, 0.4) is 0 Å². The summed E-state index contributed by atoms with van der Waals surface area (Å²) < 4.78 is 5.54. The van der Waals surface area contributed by atoms with Crippen LogP contribution in [0.1, 0.15) is 101 Å². The van der Waals surface area contributed by atoms with Crippen LogP contribution in [0.5, 0.6) is 0 Å². The van der Waals surface area contributed by atoms with E-state index in [2.05, 4.69) is 26.5 Å². The summed E-state index contributed by atoms with van der Waals surface area (Å²) in [5, 5.41) is 23.9. The number of primary amides is 2. The molecule has 0 aliphatic carbocycles.